The fraction of sp³-hybridized carbons (Fsp3) is 0.125. The van der Waals surface area contributed by atoms with Crippen molar-refractivity contribution >= 4 is 10.9 Å². The molecule has 3 rings (SSSR count). The van der Waals surface area contributed by atoms with Crippen LogP contribution in [-0.2, 0) is 6.54 Å². The van der Waals surface area contributed by atoms with Crippen molar-refractivity contribution in [3.05, 3.63) is 70.8 Å². The maximum atomic E-state index is 12.5. The summed E-state index contributed by atoms with van der Waals surface area (Å²) < 4.78 is 14.7. The number of rotatable bonds is 3. The lowest BCUT2D eigenvalue weighted by molar-refractivity contribution is 0.408. The van der Waals surface area contributed by atoms with Crippen LogP contribution >= 0.6 is 0 Å². The number of aromatic nitrogens is 2. The lowest BCUT2D eigenvalue weighted by Gasteiger charge is -2.10. The first-order valence-corrected chi connectivity index (χ1v) is 6.27. The predicted molar refractivity (Wildman–Crippen MR) is 78.1 cm³/mol. The van der Waals surface area contributed by atoms with E-state index in [4.69, 9.17) is 6.11 Å². The van der Waals surface area contributed by atoms with Crippen LogP contribution in [0.1, 0.15) is 6.93 Å². The summed E-state index contributed by atoms with van der Waals surface area (Å²) in [5.41, 5.74) is 1.23. The Morgan fingerprint density at radius 3 is 2.90 bits per heavy atom. The first-order valence-electron chi connectivity index (χ1n) is 6.77. The molecule has 0 fully saturated rings. The summed E-state index contributed by atoms with van der Waals surface area (Å²) >= 11 is 0. The van der Waals surface area contributed by atoms with Gasteiger partial charge in [-0.3, -0.25) is 9.36 Å². The first-order chi connectivity index (χ1) is 10.2. The van der Waals surface area contributed by atoms with Gasteiger partial charge in [0.15, 0.2) is 0 Å². The number of methoxy groups -OCH3 is 1. The number of benzene rings is 2. The highest BCUT2D eigenvalue weighted by Crippen LogP contribution is 2.18. The van der Waals surface area contributed by atoms with E-state index in [-0.39, 0.29) is 11.6 Å². The number of para-hydroxylation sites is 2. The standard InChI is InChI=1S/C16H14N2O2/c1-20-15-9-5-2-6-12(15)10-18-11-17-14-8-4-3-7-13(14)16(18)19/h2-9,11H,10H2,1H3/i7D. The SMILES string of the molecule is [2H]c1cccc2ncn(Cc3ccccc3OC)c(=O)c12. The van der Waals surface area contributed by atoms with Gasteiger partial charge in [0, 0.05) is 5.56 Å². The van der Waals surface area contributed by atoms with Gasteiger partial charge < -0.3 is 4.74 Å². The van der Waals surface area contributed by atoms with Gasteiger partial charge in [-0.1, -0.05) is 30.3 Å². The Labute approximate surface area is 117 Å². The minimum Gasteiger partial charge on any atom is -0.496 e. The zero-order valence-electron chi connectivity index (χ0n) is 12.0. The third kappa shape index (κ3) is 2.16. The van der Waals surface area contributed by atoms with Gasteiger partial charge in [0.1, 0.15) is 5.75 Å². The van der Waals surface area contributed by atoms with E-state index in [0.717, 1.165) is 11.3 Å². The fourth-order valence-corrected chi connectivity index (χ4v) is 2.16. The van der Waals surface area contributed by atoms with Gasteiger partial charge in [-0.15, -0.1) is 0 Å². The minimum atomic E-state index is -0.212. The lowest BCUT2D eigenvalue weighted by atomic mass is 10.2. The number of hydrogen-bond donors (Lipinski definition) is 0. The zero-order valence-corrected chi connectivity index (χ0v) is 11.0. The van der Waals surface area contributed by atoms with Crippen molar-refractivity contribution < 1.29 is 6.11 Å². The molecule has 0 N–H and O–H groups in total. The van der Waals surface area contributed by atoms with E-state index < -0.39 is 0 Å². The van der Waals surface area contributed by atoms with Crippen molar-refractivity contribution in [2.75, 3.05) is 7.11 Å². The van der Waals surface area contributed by atoms with Gasteiger partial charge in [0.05, 0.1) is 32.3 Å². The predicted octanol–water partition coefficient (Wildman–Crippen LogP) is 2.45. The molecular formula is C16H14N2O2. The van der Waals surface area contributed by atoms with Crippen molar-refractivity contribution in [1.82, 2.24) is 9.55 Å². The van der Waals surface area contributed by atoms with Crippen molar-refractivity contribution in [3.8, 4) is 5.75 Å². The number of hydrogen-bond acceptors (Lipinski definition) is 3. The molecule has 2 aromatic carbocycles. The Bertz CT molecular complexity index is 858. The van der Waals surface area contributed by atoms with Gasteiger partial charge in [-0.2, -0.15) is 0 Å². The molecule has 0 radical (unpaired) electrons. The third-order valence-corrected chi connectivity index (χ3v) is 3.18. The summed E-state index contributed by atoms with van der Waals surface area (Å²) in [6, 6.07) is 12.8. The molecule has 0 spiro atoms. The minimum absolute atomic E-state index is 0.194. The van der Waals surface area contributed by atoms with Crippen molar-refractivity contribution in [2.45, 2.75) is 6.54 Å². The van der Waals surface area contributed by atoms with E-state index in [2.05, 4.69) is 4.98 Å². The van der Waals surface area contributed by atoms with E-state index >= 15 is 0 Å². The molecule has 0 saturated heterocycles. The van der Waals surface area contributed by atoms with Gasteiger partial charge in [0.25, 0.3) is 5.56 Å². The Morgan fingerprint density at radius 2 is 2.05 bits per heavy atom. The molecule has 0 aliphatic rings. The van der Waals surface area contributed by atoms with Crippen LogP contribution in [0.5, 0.6) is 5.75 Å². The van der Waals surface area contributed by atoms with Crippen LogP contribution in [0.25, 0.3) is 10.9 Å². The van der Waals surface area contributed by atoms with Gasteiger partial charge in [-0.25, -0.2) is 4.98 Å². The van der Waals surface area contributed by atoms with E-state index in [1.165, 1.54) is 10.9 Å². The van der Waals surface area contributed by atoms with Crippen LogP contribution < -0.4 is 10.3 Å². The topological polar surface area (TPSA) is 44.1 Å². The van der Waals surface area contributed by atoms with Crippen LogP contribution in [-0.4, -0.2) is 16.7 Å². The molecule has 0 aliphatic heterocycles. The average molecular weight is 267 g/mol. The molecule has 4 nitrogen and oxygen atoms in total. The summed E-state index contributed by atoms with van der Waals surface area (Å²) in [7, 11) is 1.60. The van der Waals surface area contributed by atoms with Crippen LogP contribution in [0.4, 0.5) is 0 Å². The highest BCUT2D eigenvalue weighted by Gasteiger charge is 2.06. The molecule has 1 aromatic heterocycles. The highest BCUT2D eigenvalue weighted by atomic mass is 16.5. The van der Waals surface area contributed by atoms with E-state index in [0.29, 0.717) is 17.4 Å². The summed E-state index contributed by atoms with van der Waals surface area (Å²) in [6.07, 6.45) is 1.51. The second-order valence-corrected chi connectivity index (χ2v) is 4.42. The molecule has 1 heterocycles. The van der Waals surface area contributed by atoms with Crippen molar-refractivity contribution in [1.29, 1.82) is 0 Å². The van der Waals surface area contributed by atoms with Gasteiger partial charge in [-0.05, 0) is 18.2 Å². The normalized spacial score (nSPS) is 11.3. The first kappa shape index (κ1) is 11.2. The molecule has 0 atom stereocenters. The quantitative estimate of drug-likeness (QED) is 0.732. The molecule has 4 heteroatoms. The number of fused-ring (bicyclic) bond motifs is 1. The molecule has 3 aromatic rings. The second kappa shape index (κ2) is 5.17. The average Bonchev–Trinajstić information content (AvgIpc) is 2.50. The monoisotopic (exact) mass is 267 g/mol. The number of ether oxygens (including phenoxy) is 1. The van der Waals surface area contributed by atoms with Crippen LogP contribution in [0.2, 0.25) is 0 Å². The summed E-state index contributed by atoms with van der Waals surface area (Å²) in [5.74, 6) is 0.726. The molecule has 0 bridgehead atoms. The van der Waals surface area contributed by atoms with Crippen LogP contribution in [0.3, 0.4) is 0 Å². The highest BCUT2D eigenvalue weighted by molar-refractivity contribution is 5.76. The summed E-state index contributed by atoms with van der Waals surface area (Å²) in [5, 5.41) is 0.342. The molecule has 0 unspecified atom stereocenters. The van der Waals surface area contributed by atoms with Crippen molar-refractivity contribution in [3.63, 3.8) is 0 Å². The largest absolute Gasteiger partial charge is 0.496 e. The Morgan fingerprint density at radius 1 is 1.25 bits per heavy atom. The van der Waals surface area contributed by atoms with E-state index in [9.17, 15) is 4.79 Å². The van der Waals surface area contributed by atoms with E-state index in [1.54, 1.807) is 25.3 Å². The molecular weight excluding hydrogens is 252 g/mol. The maximum Gasteiger partial charge on any atom is 0.261 e. The molecule has 20 heavy (non-hydrogen) atoms. The Hall–Kier alpha value is -2.62. The van der Waals surface area contributed by atoms with Crippen LogP contribution in [0, 0.1) is 0 Å². The Kier molecular flexibility index (Phi) is 2.90. The van der Waals surface area contributed by atoms with E-state index in [1.807, 2.05) is 24.3 Å². The smallest absolute Gasteiger partial charge is 0.261 e. The third-order valence-electron chi connectivity index (χ3n) is 3.18. The zero-order chi connectivity index (χ0) is 14.8. The molecule has 0 saturated carbocycles. The van der Waals surface area contributed by atoms with Gasteiger partial charge >= 0.3 is 0 Å². The summed E-state index contributed by atoms with van der Waals surface area (Å²) in [6.45, 7) is 0.361. The maximum absolute atomic E-state index is 12.5. The van der Waals surface area contributed by atoms with Crippen molar-refractivity contribution in [2.24, 2.45) is 0 Å². The molecule has 0 amide bonds. The summed E-state index contributed by atoms with van der Waals surface area (Å²) in [4.78, 5) is 16.8. The second-order valence-electron chi connectivity index (χ2n) is 4.42. The van der Waals surface area contributed by atoms with Crippen LogP contribution in [0.15, 0.2) is 59.6 Å². The lowest BCUT2D eigenvalue weighted by Crippen LogP contribution is -2.21. The molecule has 100 valence electrons. The number of nitrogens with zero attached hydrogens (tertiary/aromatic N) is 2. The van der Waals surface area contributed by atoms with Gasteiger partial charge in [0.2, 0.25) is 0 Å². The fourth-order valence-electron chi connectivity index (χ4n) is 2.16. The molecule has 0 aliphatic carbocycles. The Balaban J connectivity index is 2.12.